The largest absolute Gasteiger partial charge is 0.229 e. The minimum atomic E-state index is 0.559. The molecule has 0 fully saturated rings. The maximum Gasteiger partial charge on any atom is 0.147 e. The second-order valence-electron chi connectivity index (χ2n) is 2.70. The minimum Gasteiger partial charge on any atom is -0.229 e. The molecule has 0 aliphatic carbocycles. The Morgan fingerprint density at radius 1 is 1.23 bits per heavy atom. The van der Waals surface area contributed by atoms with Gasteiger partial charge < -0.3 is 0 Å². The van der Waals surface area contributed by atoms with Crippen LogP contribution >= 0.6 is 11.6 Å². The number of halogens is 1. The Kier molecular flexibility index (Phi) is 2.27. The summed E-state index contributed by atoms with van der Waals surface area (Å²) in [5.41, 5.74) is 1.16. The van der Waals surface area contributed by atoms with Gasteiger partial charge in [-0.2, -0.15) is 0 Å². The second-order valence-corrected chi connectivity index (χ2v) is 3.09. The Hall–Kier alpha value is -1.35. The molecule has 1 heterocycles. The maximum absolute atomic E-state index is 5.83. The van der Waals surface area contributed by atoms with Crippen molar-refractivity contribution in [3.63, 3.8) is 0 Å². The summed E-state index contributed by atoms with van der Waals surface area (Å²) in [6, 6.07) is 10.0. The van der Waals surface area contributed by atoms with Gasteiger partial charge in [-0.1, -0.05) is 47.1 Å². The first-order valence-corrected chi connectivity index (χ1v) is 4.32. The molecule has 0 saturated heterocycles. The van der Waals surface area contributed by atoms with Crippen LogP contribution in [0.3, 0.4) is 0 Å². The molecular weight excluding hydrogens is 186 g/mol. The van der Waals surface area contributed by atoms with Gasteiger partial charge in [0.2, 0.25) is 0 Å². The van der Waals surface area contributed by atoms with E-state index in [0.29, 0.717) is 11.7 Å². The summed E-state index contributed by atoms with van der Waals surface area (Å²) in [5.74, 6) is 0. The Morgan fingerprint density at radius 2 is 2.00 bits per heavy atom. The number of aromatic nitrogens is 3. The van der Waals surface area contributed by atoms with Crippen molar-refractivity contribution in [3.05, 3.63) is 47.2 Å². The van der Waals surface area contributed by atoms with Crippen LogP contribution in [0.5, 0.6) is 0 Å². The first-order valence-electron chi connectivity index (χ1n) is 3.94. The van der Waals surface area contributed by atoms with Gasteiger partial charge in [-0.15, -0.1) is 5.10 Å². The van der Waals surface area contributed by atoms with Gasteiger partial charge in [0.25, 0.3) is 0 Å². The van der Waals surface area contributed by atoms with Crippen LogP contribution in [0.25, 0.3) is 0 Å². The Balaban J connectivity index is 2.20. The fraction of sp³-hybridized carbons (Fsp3) is 0.111. The molecular formula is C9H8ClN3. The zero-order chi connectivity index (χ0) is 9.10. The van der Waals surface area contributed by atoms with Crippen molar-refractivity contribution in [3.8, 4) is 0 Å². The van der Waals surface area contributed by atoms with Gasteiger partial charge in [-0.3, -0.25) is 0 Å². The van der Waals surface area contributed by atoms with Crippen molar-refractivity contribution in [2.75, 3.05) is 0 Å². The van der Waals surface area contributed by atoms with Crippen LogP contribution in [0, 0.1) is 0 Å². The molecule has 0 spiro atoms. The molecule has 13 heavy (non-hydrogen) atoms. The Bertz CT molecular complexity index is 383. The Morgan fingerprint density at radius 3 is 2.62 bits per heavy atom. The van der Waals surface area contributed by atoms with E-state index >= 15 is 0 Å². The lowest BCUT2D eigenvalue weighted by Crippen LogP contribution is -2.01. The van der Waals surface area contributed by atoms with Crippen molar-refractivity contribution < 1.29 is 0 Å². The van der Waals surface area contributed by atoms with Crippen LogP contribution < -0.4 is 0 Å². The standard InChI is InChI=1S/C9H8ClN3/c10-9-6-11-12-13(9)7-8-4-2-1-3-5-8/h1-6H,7H2. The number of rotatable bonds is 2. The summed E-state index contributed by atoms with van der Waals surface area (Å²) in [5, 5.41) is 8.10. The van der Waals surface area contributed by atoms with E-state index in [-0.39, 0.29) is 0 Å². The van der Waals surface area contributed by atoms with E-state index in [0.717, 1.165) is 5.56 Å². The summed E-state index contributed by atoms with van der Waals surface area (Å²) in [6.45, 7) is 0.666. The summed E-state index contributed by atoms with van der Waals surface area (Å²) in [7, 11) is 0. The van der Waals surface area contributed by atoms with Gasteiger partial charge in [-0.25, -0.2) is 4.68 Å². The van der Waals surface area contributed by atoms with Crippen molar-refractivity contribution in [2.24, 2.45) is 0 Å². The summed E-state index contributed by atoms with van der Waals surface area (Å²) < 4.78 is 1.65. The molecule has 0 saturated carbocycles. The predicted octanol–water partition coefficient (Wildman–Crippen LogP) is 1.98. The van der Waals surface area contributed by atoms with Crippen molar-refractivity contribution >= 4 is 11.6 Å². The smallest absolute Gasteiger partial charge is 0.147 e. The third-order valence-corrected chi connectivity index (χ3v) is 2.04. The molecule has 0 atom stereocenters. The van der Waals surface area contributed by atoms with Gasteiger partial charge in [0, 0.05) is 0 Å². The van der Waals surface area contributed by atoms with Crippen LogP contribution in [0.4, 0.5) is 0 Å². The molecule has 66 valence electrons. The van der Waals surface area contributed by atoms with Crippen molar-refractivity contribution in [1.29, 1.82) is 0 Å². The molecule has 0 unspecified atom stereocenters. The highest BCUT2D eigenvalue weighted by Gasteiger charge is 1.99. The normalized spacial score (nSPS) is 10.2. The Labute approximate surface area is 81.0 Å². The topological polar surface area (TPSA) is 30.7 Å². The van der Waals surface area contributed by atoms with Crippen molar-refractivity contribution in [2.45, 2.75) is 6.54 Å². The molecule has 2 aromatic rings. The molecule has 1 aromatic carbocycles. The average Bonchev–Trinajstić information content (AvgIpc) is 2.54. The maximum atomic E-state index is 5.83. The molecule has 1 aromatic heterocycles. The van der Waals surface area contributed by atoms with Crippen molar-refractivity contribution in [1.82, 2.24) is 15.0 Å². The lowest BCUT2D eigenvalue weighted by atomic mass is 10.2. The van der Waals surface area contributed by atoms with Crippen LogP contribution in [-0.4, -0.2) is 15.0 Å². The zero-order valence-corrected chi connectivity index (χ0v) is 7.65. The highest BCUT2D eigenvalue weighted by molar-refractivity contribution is 6.29. The zero-order valence-electron chi connectivity index (χ0n) is 6.89. The van der Waals surface area contributed by atoms with E-state index in [2.05, 4.69) is 10.3 Å². The van der Waals surface area contributed by atoms with Crippen LogP contribution in [0.2, 0.25) is 5.15 Å². The number of nitrogens with zero attached hydrogens (tertiary/aromatic N) is 3. The molecule has 3 nitrogen and oxygen atoms in total. The van der Waals surface area contributed by atoms with Gasteiger partial charge >= 0.3 is 0 Å². The quantitative estimate of drug-likeness (QED) is 0.730. The molecule has 0 radical (unpaired) electrons. The van der Waals surface area contributed by atoms with E-state index in [1.54, 1.807) is 4.68 Å². The lowest BCUT2D eigenvalue weighted by molar-refractivity contribution is 0.650. The average molecular weight is 194 g/mol. The van der Waals surface area contributed by atoms with E-state index in [1.165, 1.54) is 6.20 Å². The first-order chi connectivity index (χ1) is 6.36. The van der Waals surface area contributed by atoms with E-state index in [4.69, 9.17) is 11.6 Å². The third-order valence-electron chi connectivity index (χ3n) is 1.75. The van der Waals surface area contributed by atoms with E-state index in [1.807, 2.05) is 30.3 Å². The molecule has 0 amide bonds. The van der Waals surface area contributed by atoms with E-state index < -0.39 is 0 Å². The minimum absolute atomic E-state index is 0.559. The fourth-order valence-electron chi connectivity index (χ4n) is 1.11. The van der Waals surface area contributed by atoms with Crippen LogP contribution in [-0.2, 0) is 6.54 Å². The summed E-state index contributed by atoms with van der Waals surface area (Å²) in [6.07, 6.45) is 1.53. The molecule has 2 rings (SSSR count). The molecule has 0 N–H and O–H groups in total. The molecule has 0 aliphatic heterocycles. The third kappa shape index (κ3) is 1.87. The number of hydrogen-bond acceptors (Lipinski definition) is 2. The lowest BCUT2D eigenvalue weighted by Gasteiger charge is -2.00. The highest BCUT2D eigenvalue weighted by atomic mass is 35.5. The fourth-order valence-corrected chi connectivity index (χ4v) is 1.25. The second kappa shape index (κ2) is 3.58. The van der Waals surface area contributed by atoms with E-state index in [9.17, 15) is 0 Å². The first kappa shape index (κ1) is 8.26. The monoisotopic (exact) mass is 193 g/mol. The van der Waals surface area contributed by atoms with Crippen LogP contribution in [0.1, 0.15) is 5.56 Å². The molecule has 4 heteroatoms. The SMILES string of the molecule is Clc1cnnn1Cc1ccccc1. The van der Waals surface area contributed by atoms with Gasteiger partial charge in [-0.05, 0) is 5.56 Å². The predicted molar refractivity (Wildman–Crippen MR) is 50.6 cm³/mol. The van der Waals surface area contributed by atoms with Gasteiger partial charge in [0.05, 0.1) is 12.7 Å². The van der Waals surface area contributed by atoms with Crippen LogP contribution in [0.15, 0.2) is 36.5 Å². The van der Waals surface area contributed by atoms with Gasteiger partial charge in [0.1, 0.15) is 5.15 Å². The number of hydrogen-bond donors (Lipinski definition) is 0. The van der Waals surface area contributed by atoms with Gasteiger partial charge in [0.15, 0.2) is 0 Å². The number of benzene rings is 1. The summed E-state index contributed by atoms with van der Waals surface area (Å²) in [4.78, 5) is 0. The molecule has 0 aliphatic rings. The summed E-state index contributed by atoms with van der Waals surface area (Å²) >= 11 is 5.83. The highest BCUT2D eigenvalue weighted by Crippen LogP contribution is 2.07. The molecule has 0 bridgehead atoms.